The summed E-state index contributed by atoms with van der Waals surface area (Å²) in [6, 6.07) is 0. The van der Waals surface area contributed by atoms with Crippen LogP contribution < -0.4 is 5.32 Å². The Bertz CT molecular complexity index is 345. The highest BCUT2D eigenvalue weighted by Gasteiger charge is 2.00. The lowest BCUT2D eigenvalue weighted by molar-refractivity contribution is 0.418. The first-order chi connectivity index (χ1) is 6.58. The van der Waals surface area contributed by atoms with Gasteiger partial charge in [0.1, 0.15) is 16.1 Å². The van der Waals surface area contributed by atoms with Crippen LogP contribution in [0.2, 0.25) is 0 Å². The first-order valence-corrected chi connectivity index (χ1v) is 6.41. The van der Waals surface area contributed by atoms with Gasteiger partial charge in [-0.3, -0.25) is 0 Å². The van der Waals surface area contributed by atoms with Gasteiger partial charge in [-0.15, -0.1) is 0 Å². The quantitative estimate of drug-likeness (QED) is 0.690. The first kappa shape index (κ1) is 11.2. The van der Waals surface area contributed by atoms with Crippen LogP contribution in [0.3, 0.4) is 0 Å². The molecule has 0 unspecified atom stereocenters. The van der Waals surface area contributed by atoms with Crippen molar-refractivity contribution in [2.24, 2.45) is 0 Å². The number of nitrogens with zero attached hydrogens (tertiary/aromatic N) is 1. The van der Waals surface area contributed by atoms with Gasteiger partial charge >= 0.3 is 0 Å². The van der Waals surface area contributed by atoms with E-state index in [0.29, 0.717) is 19.5 Å². The van der Waals surface area contributed by atoms with Crippen LogP contribution in [0.1, 0.15) is 12.0 Å². The summed E-state index contributed by atoms with van der Waals surface area (Å²) in [5, 5.41) is 6.65. The van der Waals surface area contributed by atoms with Gasteiger partial charge in [-0.25, -0.2) is 8.42 Å². The van der Waals surface area contributed by atoms with E-state index in [4.69, 9.17) is 0 Å². The third kappa shape index (κ3) is 4.98. The Kier molecular flexibility index (Phi) is 4.09. The lowest BCUT2D eigenvalue weighted by Crippen LogP contribution is -2.17. The van der Waals surface area contributed by atoms with Crippen molar-refractivity contribution in [1.82, 2.24) is 10.5 Å². The first-order valence-electron chi connectivity index (χ1n) is 4.34. The predicted molar refractivity (Wildman–Crippen MR) is 52.5 cm³/mol. The molecular weight excluding hydrogens is 204 g/mol. The summed E-state index contributed by atoms with van der Waals surface area (Å²) in [4.78, 5) is 0. The molecule has 1 aromatic rings. The average molecular weight is 218 g/mol. The normalized spacial score (nSPS) is 11.8. The molecule has 1 rings (SSSR count). The van der Waals surface area contributed by atoms with Gasteiger partial charge in [0.05, 0.1) is 11.9 Å². The summed E-state index contributed by atoms with van der Waals surface area (Å²) in [6.07, 6.45) is 5.06. The van der Waals surface area contributed by atoms with Gasteiger partial charge < -0.3 is 9.84 Å². The fraction of sp³-hybridized carbons (Fsp3) is 0.625. The molecule has 0 saturated heterocycles. The smallest absolute Gasteiger partial charge is 0.147 e. The van der Waals surface area contributed by atoms with Gasteiger partial charge in [-0.05, 0) is 13.0 Å². The van der Waals surface area contributed by atoms with Crippen molar-refractivity contribution >= 4 is 9.84 Å². The predicted octanol–water partition coefficient (Wildman–Crippen LogP) is 0.199. The maximum absolute atomic E-state index is 10.8. The molecule has 0 aliphatic rings. The van der Waals surface area contributed by atoms with E-state index in [9.17, 15) is 8.42 Å². The number of nitrogens with one attached hydrogen (secondary N) is 1. The van der Waals surface area contributed by atoms with Crippen molar-refractivity contribution in [2.75, 3.05) is 18.6 Å². The van der Waals surface area contributed by atoms with Crippen LogP contribution in [0.15, 0.2) is 17.0 Å². The highest BCUT2D eigenvalue weighted by atomic mass is 32.2. The van der Waals surface area contributed by atoms with Gasteiger partial charge in [-0.1, -0.05) is 5.16 Å². The van der Waals surface area contributed by atoms with Crippen LogP contribution in [0.4, 0.5) is 0 Å². The monoisotopic (exact) mass is 218 g/mol. The van der Waals surface area contributed by atoms with Crippen molar-refractivity contribution in [3.63, 3.8) is 0 Å². The molecule has 1 N–H and O–H groups in total. The standard InChI is InChI=1S/C8H14N2O3S/c1-14(11,12)4-2-3-9-5-8-6-10-13-7-8/h6-7,9H,2-5H2,1H3. The van der Waals surface area contributed by atoms with Crippen LogP contribution in [0.5, 0.6) is 0 Å². The number of aromatic nitrogens is 1. The lowest BCUT2D eigenvalue weighted by atomic mass is 10.3. The zero-order valence-corrected chi connectivity index (χ0v) is 8.88. The summed E-state index contributed by atoms with van der Waals surface area (Å²) >= 11 is 0. The van der Waals surface area contributed by atoms with Crippen molar-refractivity contribution in [1.29, 1.82) is 0 Å². The maximum atomic E-state index is 10.8. The van der Waals surface area contributed by atoms with E-state index in [0.717, 1.165) is 5.56 Å². The van der Waals surface area contributed by atoms with Crippen molar-refractivity contribution < 1.29 is 12.9 Å². The summed E-state index contributed by atoms with van der Waals surface area (Å²) < 4.78 is 26.2. The Hall–Kier alpha value is -0.880. The van der Waals surface area contributed by atoms with Gasteiger partial charge in [0.2, 0.25) is 0 Å². The Morgan fingerprint density at radius 2 is 2.36 bits per heavy atom. The summed E-state index contributed by atoms with van der Waals surface area (Å²) in [5.74, 6) is 0.226. The van der Waals surface area contributed by atoms with E-state index < -0.39 is 9.84 Å². The van der Waals surface area contributed by atoms with Crippen LogP contribution in [-0.2, 0) is 16.4 Å². The van der Waals surface area contributed by atoms with Gasteiger partial charge in [0, 0.05) is 18.4 Å². The molecule has 0 bridgehead atoms. The average Bonchev–Trinajstić information content (AvgIpc) is 2.54. The minimum atomic E-state index is -2.83. The Balaban J connectivity index is 2.06. The molecule has 5 nitrogen and oxygen atoms in total. The molecule has 1 heterocycles. The van der Waals surface area contributed by atoms with Crippen molar-refractivity contribution in [2.45, 2.75) is 13.0 Å². The highest BCUT2D eigenvalue weighted by Crippen LogP contribution is 1.95. The minimum Gasteiger partial charge on any atom is -0.364 e. The molecule has 0 radical (unpaired) electrons. The van der Waals surface area contributed by atoms with Gasteiger partial charge in [-0.2, -0.15) is 0 Å². The summed E-state index contributed by atoms with van der Waals surface area (Å²) in [6.45, 7) is 1.34. The third-order valence-electron chi connectivity index (χ3n) is 1.68. The van der Waals surface area contributed by atoms with Gasteiger partial charge in [0.15, 0.2) is 0 Å². The number of hydrogen-bond acceptors (Lipinski definition) is 5. The third-order valence-corrected chi connectivity index (χ3v) is 2.71. The Morgan fingerprint density at radius 1 is 1.57 bits per heavy atom. The van der Waals surface area contributed by atoms with Crippen molar-refractivity contribution in [3.05, 3.63) is 18.0 Å². The van der Waals surface area contributed by atoms with Gasteiger partial charge in [0.25, 0.3) is 0 Å². The van der Waals surface area contributed by atoms with E-state index >= 15 is 0 Å². The van der Waals surface area contributed by atoms with Crippen LogP contribution in [-0.4, -0.2) is 32.1 Å². The molecule has 14 heavy (non-hydrogen) atoms. The summed E-state index contributed by atoms with van der Waals surface area (Å²) in [7, 11) is -2.83. The molecule has 0 saturated carbocycles. The molecular formula is C8H14N2O3S. The fourth-order valence-electron chi connectivity index (χ4n) is 1.01. The van der Waals surface area contributed by atoms with E-state index in [2.05, 4.69) is 15.0 Å². The SMILES string of the molecule is CS(=O)(=O)CCCNCc1cnoc1. The van der Waals surface area contributed by atoms with E-state index in [1.807, 2.05) is 0 Å². The molecule has 1 aromatic heterocycles. The highest BCUT2D eigenvalue weighted by molar-refractivity contribution is 7.90. The molecule has 0 fully saturated rings. The Morgan fingerprint density at radius 3 is 2.93 bits per heavy atom. The largest absolute Gasteiger partial charge is 0.364 e. The Labute approximate surface area is 83.4 Å². The molecule has 0 atom stereocenters. The molecule has 0 aromatic carbocycles. The van der Waals surface area contributed by atoms with Crippen LogP contribution >= 0.6 is 0 Å². The molecule has 80 valence electrons. The lowest BCUT2D eigenvalue weighted by Gasteiger charge is -2.01. The second kappa shape index (κ2) is 5.11. The number of rotatable bonds is 6. The van der Waals surface area contributed by atoms with Crippen molar-refractivity contribution in [3.8, 4) is 0 Å². The second-order valence-corrected chi connectivity index (χ2v) is 5.45. The minimum absolute atomic E-state index is 0.226. The fourth-order valence-corrected chi connectivity index (χ4v) is 1.67. The molecule has 6 heteroatoms. The van der Waals surface area contributed by atoms with E-state index in [1.165, 1.54) is 6.26 Å². The van der Waals surface area contributed by atoms with Crippen LogP contribution in [0, 0.1) is 0 Å². The van der Waals surface area contributed by atoms with Crippen LogP contribution in [0.25, 0.3) is 0 Å². The summed E-state index contributed by atoms with van der Waals surface area (Å²) in [5.41, 5.74) is 0.962. The molecule has 0 spiro atoms. The molecule has 0 aliphatic carbocycles. The number of hydrogen-bond donors (Lipinski definition) is 1. The maximum Gasteiger partial charge on any atom is 0.147 e. The molecule has 0 aliphatic heterocycles. The number of sulfone groups is 1. The zero-order chi connectivity index (χ0) is 10.4. The second-order valence-electron chi connectivity index (χ2n) is 3.19. The zero-order valence-electron chi connectivity index (χ0n) is 8.06. The topological polar surface area (TPSA) is 72.2 Å². The van der Waals surface area contributed by atoms with E-state index in [-0.39, 0.29) is 5.75 Å². The van der Waals surface area contributed by atoms with E-state index in [1.54, 1.807) is 12.5 Å². The molecule has 0 amide bonds.